The maximum absolute atomic E-state index is 12.9. The van der Waals surface area contributed by atoms with Crippen molar-refractivity contribution in [3.63, 3.8) is 0 Å². The van der Waals surface area contributed by atoms with Crippen LogP contribution in [0.3, 0.4) is 0 Å². The molecule has 0 fully saturated rings. The predicted molar refractivity (Wildman–Crippen MR) is 136 cm³/mol. The van der Waals surface area contributed by atoms with E-state index < -0.39 is 24.0 Å². The van der Waals surface area contributed by atoms with Crippen LogP contribution in [0.5, 0.6) is 0 Å². The van der Waals surface area contributed by atoms with Crippen LogP contribution in [0, 0.1) is 0 Å². The Bertz CT molecular complexity index is 1080. The standard InChI is InChI=1S/C25H34F3N7O3/c1-17(36)29-13-16-35(14-3-2-6-19-8-7-18-5-4-11-30-22(18)32-19)15-10-20(23(37)38)33-21-9-12-31-24(34-21)25(26,27)28/h7-9,12,20H,2-6,10-11,13-16H2,1H3,(H,29,36)(H,30,32)(H,37,38)(H,31,33,34). The fourth-order valence-corrected chi connectivity index (χ4v) is 4.20. The minimum absolute atomic E-state index is 0.124. The van der Waals surface area contributed by atoms with Crippen molar-refractivity contribution in [1.82, 2.24) is 25.2 Å². The number of anilines is 2. The molecule has 0 saturated heterocycles. The molecule has 3 rings (SSSR count). The zero-order chi connectivity index (χ0) is 27.5. The van der Waals surface area contributed by atoms with Gasteiger partial charge in [0.25, 0.3) is 0 Å². The number of halogens is 3. The molecule has 10 nitrogen and oxygen atoms in total. The molecular formula is C25H34F3N7O3. The van der Waals surface area contributed by atoms with Crippen LogP contribution < -0.4 is 16.0 Å². The third-order valence-electron chi connectivity index (χ3n) is 6.17. The molecule has 1 aliphatic rings. The predicted octanol–water partition coefficient (Wildman–Crippen LogP) is 2.96. The van der Waals surface area contributed by atoms with E-state index in [1.807, 2.05) is 4.90 Å². The third-order valence-corrected chi connectivity index (χ3v) is 6.17. The first-order valence-electron chi connectivity index (χ1n) is 12.7. The van der Waals surface area contributed by atoms with E-state index in [0.717, 1.165) is 56.4 Å². The van der Waals surface area contributed by atoms with Crippen LogP contribution in [-0.4, -0.2) is 75.6 Å². The van der Waals surface area contributed by atoms with Gasteiger partial charge in [0.05, 0.1) is 0 Å². The lowest BCUT2D eigenvalue weighted by molar-refractivity contribution is -0.144. The summed E-state index contributed by atoms with van der Waals surface area (Å²) in [5, 5.41) is 18.3. The van der Waals surface area contributed by atoms with Crippen LogP contribution >= 0.6 is 0 Å². The molecule has 2 aromatic heterocycles. The van der Waals surface area contributed by atoms with Gasteiger partial charge >= 0.3 is 12.1 Å². The lowest BCUT2D eigenvalue weighted by Crippen LogP contribution is -2.39. The maximum atomic E-state index is 12.9. The highest BCUT2D eigenvalue weighted by atomic mass is 19.4. The normalized spacial score (nSPS) is 13.9. The summed E-state index contributed by atoms with van der Waals surface area (Å²) >= 11 is 0. The Labute approximate surface area is 219 Å². The highest BCUT2D eigenvalue weighted by Crippen LogP contribution is 2.26. The lowest BCUT2D eigenvalue weighted by atomic mass is 10.1. The number of rotatable bonds is 14. The van der Waals surface area contributed by atoms with Crippen LogP contribution in [0.15, 0.2) is 24.4 Å². The number of carboxylic acids is 1. The fraction of sp³-hybridized carbons (Fsp3) is 0.560. The highest BCUT2D eigenvalue weighted by molar-refractivity contribution is 5.76. The molecule has 0 aliphatic carbocycles. The summed E-state index contributed by atoms with van der Waals surface area (Å²) in [7, 11) is 0. The molecular weight excluding hydrogens is 503 g/mol. The molecule has 0 saturated carbocycles. The lowest BCUT2D eigenvalue weighted by Gasteiger charge is -2.25. The van der Waals surface area contributed by atoms with E-state index in [4.69, 9.17) is 4.98 Å². The first kappa shape index (κ1) is 29.1. The summed E-state index contributed by atoms with van der Waals surface area (Å²) in [5.41, 5.74) is 2.25. The molecule has 1 amide bonds. The Morgan fingerprint density at radius 1 is 1.16 bits per heavy atom. The highest BCUT2D eigenvalue weighted by Gasteiger charge is 2.35. The first-order valence-corrected chi connectivity index (χ1v) is 12.7. The SMILES string of the molecule is CC(=O)NCCN(CCCCc1ccc2c(n1)NCCC2)CCC(Nc1ccnc(C(F)(F)F)n1)C(=O)O. The van der Waals surface area contributed by atoms with Gasteiger partial charge in [0.2, 0.25) is 11.7 Å². The van der Waals surface area contributed by atoms with E-state index in [9.17, 15) is 27.9 Å². The van der Waals surface area contributed by atoms with Crippen LogP contribution in [0.25, 0.3) is 0 Å². The Morgan fingerprint density at radius 3 is 2.71 bits per heavy atom. The number of carbonyl (C=O) groups is 2. The first-order chi connectivity index (χ1) is 18.1. The number of unbranched alkanes of at least 4 members (excludes halogenated alkanes) is 1. The number of nitrogens with zero attached hydrogens (tertiary/aromatic N) is 4. The molecule has 0 aromatic carbocycles. The summed E-state index contributed by atoms with van der Waals surface area (Å²) in [6, 6.07) is 4.23. The van der Waals surface area contributed by atoms with E-state index in [2.05, 4.69) is 38.1 Å². The van der Waals surface area contributed by atoms with Gasteiger partial charge in [-0.2, -0.15) is 13.2 Å². The van der Waals surface area contributed by atoms with Gasteiger partial charge in [-0.3, -0.25) is 4.79 Å². The van der Waals surface area contributed by atoms with Gasteiger partial charge in [-0.1, -0.05) is 6.07 Å². The van der Waals surface area contributed by atoms with Gasteiger partial charge in [0, 0.05) is 45.0 Å². The van der Waals surface area contributed by atoms with E-state index in [0.29, 0.717) is 26.2 Å². The molecule has 38 heavy (non-hydrogen) atoms. The summed E-state index contributed by atoms with van der Waals surface area (Å²) in [6.07, 6.45) is 0.983. The van der Waals surface area contributed by atoms with Crippen molar-refractivity contribution in [2.45, 2.75) is 57.7 Å². The van der Waals surface area contributed by atoms with Crippen molar-refractivity contribution in [3.05, 3.63) is 41.5 Å². The van der Waals surface area contributed by atoms with E-state index >= 15 is 0 Å². The maximum Gasteiger partial charge on any atom is 0.451 e. The minimum atomic E-state index is -4.73. The number of aromatic nitrogens is 3. The van der Waals surface area contributed by atoms with Gasteiger partial charge < -0.3 is 26.0 Å². The number of amides is 1. The molecule has 1 aliphatic heterocycles. The quantitative estimate of drug-likeness (QED) is 0.269. The molecule has 3 heterocycles. The average molecular weight is 538 g/mol. The number of hydrogen-bond donors (Lipinski definition) is 4. The number of aliphatic carboxylic acids is 1. The Balaban J connectivity index is 1.53. The monoisotopic (exact) mass is 537 g/mol. The molecule has 208 valence electrons. The number of carbonyl (C=O) groups excluding carboxylic acids is 1. The fourth-order valence-electron chi connectivity index (χ4n) is 4.20. The Morgan fingerprint density at radius 2 is 1.97 bits per heavy atom. The second kappa shape index (κ2) is 13.9. The molecule has 1 unspecified atom stereocenters. The van der Waals surface area contributed by atoms with E-state index in [-0.39, 0.29) is 18.1 Å². The number of fused-ring (bicyclic) bond motifs is 1. The van der Waals surface area contributed by atoms with E-state index in [1.54, 1.807) is 0 Å². The zero-order valence-corrected chi connectivity index (χ0v) is 21.4. The number of nitrogens with one attached hydrogen (secondary N) is 3. The smallest absolute Gasteiger partial charge is 0.451 e. The van der Waals surface area contributed by atoms with Crippen LogP contribution in [0.4, 0.5) is 24.8 Å². The molecule has 0 radical (unpaired) electrons. The third kappa shape index (κ3) is 9.43. The zero-order valence-electron chi connectivity index (χ0n) is 21.4. The van der Waals surface area contributed by atoms with Gasteiger partial charge in [-0.15, -0.1) is 0 Å². The van der Waals surface area contributed by atoms with Gasteiger partial charge in [-0.25, -0.2) is 19.7 Å². The van der Waals surface area contributed by atoms with Crippen molar-refractivity contribution < 1.29 is 27.9 Å². The molecule has 1 atom stereocenters. The second-order valence-electron chi connectivity index (χ2n) is 9.21. The van der Waals surface area contributed by atoms with E-state index in [1.165, 1.54) is 18.6 Å². The van der Waals surface area contributed by atoms with Crippen molar-refractivity contribution >= 4 is 23.5 Å². The minimum Gasteiger partial charge on any atom is -0.480 e. The number of pyridine rings is 1. The Hall–Kier alpha value is -3.48. The van der Waals surface area contributed by atoms with Crippen molar-refractivity contribution in [2.24, 2.45) is 0 Å². The summed E-state index contributed by atoms with van der Waals surface area (Å²) in [4.78, 5) is 36.4. The molecule has 4 N–H and O–H groups in total. The number of alkyl halides is 3. The summed E-state index contributed by atoms with van der Waals surface area (Å²) in [5.74, 6) is -1.95. The topological polar surface area (TPSA) is 132 Å². The van der Waals surface area contributed by atoms with Gasteiger partial charge in [-0.05, 0) is 62.8 Å². The van der Waals surface area contributed by atoms with Crippen molar-refractivity contribution in [2.75, 3.05) is 43.4 Å². The van der Waals surface area contributed by atoms with Crippen molar-refractivity contribution in [1.29, 1.82) is 0 Å². The number of aryl methyl sites for hydroxylation is 2. The molecule has 2 aromatic rings. The molecule has 13 heteroatoms. The largest absolute Gasteiger partial charge is 0.480 e. The number of carboxylic acid groups (broad SMARTS) is 1. The number of hydrogen-bond acceptors (Lipinski definition) is 8. The van der Waals surface area contributed by atoms with Crippen molar-refractivity contribution in [3.8, 4) is 0 Å². The summed E-state index contributed by atoms with van der Waals surface area (Å²) in [6.45, 7) is 4.30. The molecule has 0 spiro atoms. The van der Waals surface area contributed by atoms with Crippen LogP contribution in [-0.2, 0) is 28.6 Å². The second-order valence-corrected chi connectivity index (χ2v) is 9.21. The Kier molecular flexibility index (Phi) is 10.6. The molecule has 0 bridgehead atoms. The van der Waals surface area contributed by atoms with Gasteiger partial charge in [0.15, 0.2) is 0 Å². The van der Waals surface area contributed by atoms with Gasteiger partial charge in [0.1, 0.15) is 17.7 Å². The van der Waals surface area contributed by atoms with Crippen LogP contribution in [0.2, 0.25) is 0 Å². The van der Waals surface area contributed by atoms with Crippen LogP contribution in [0.1, 0.15) is 49.7 Å². The average Bonchev–Trinajstić information content (AvgIpc) is 2.87. The summed E-state index contributed by atoms with van der Waals surface area (Å²) < 4.78 is 38.7.